The molecule has 7 nitrogen and oxygen atoms in total. The Bertz CT molecular complexity index is 895. The fourth-order valence-corrected chi connectivity index (χ4v) is 2.13. The fraction of sp³-hybridized carbons (Fsp3) is 0.105. The lowest BCUT2D eigenvalue weighted by Crippen LogP contribution is -2.13. The highest BCUT2D eigenvalue weighted by Gasteiger charge is 2.13. The average Bonchev–Trinajstić information content (AvgIpc) is 2.67. The number of amides is 1. The van der Waals surface area contributed by atoms with E-state index in [0.717, 1.165) is 0 Å². The number of nitrogens with zero attached hydrogens (tertiary/aromatic N) is 1. The Morgan fingerprint density at radius 3 is 2.42 bits per heavy atom. The first kappa shape index (κ1) is 18.5. The molecule has 0 radical (unpaired) electrons. The predicted molar refractivity (Wildman–Crippen MR) is 94.7 cm³/mol. The highest BCUT2D eigenvalue weighted by molar-refractivity contribution is 6.10. The summed E-state index contributed by atoms with van der Waals surface area (Å²) in [5, 5.41) is 21.9. The summed E-state index contributed by atoms with van der Waals surface area (Å²) in [5.41, 5.74) is 0.809. The van der Waals surface area contributed by atoms with Gasteiger partial charge >= 0.3 is 5.97 Å². The lowest BCUT2D eigenvalue weighted by Gasteiger charge is -2.07. The summed E-state index contributed by atoms with van der Waals surface area (Å²) in [6.07, 6.45) is 1.26. The number of phenols is 1. The van der Waals surface area contributed by atoms with Crippen molar-refractivity contribution in [2.45, 2.75) is 0 Å². The van der Waals surface area contributed by atoms with Crippen molar-refractivity contribution < 1.29 is 24.2 Å². The number of benzene rings is 2. The first-order valence-electron chi connectivity index (χ1n) is 7.47. The molecule has 1 amide bonds. The van der Waals surface area contributed by atoms with E-state index < -0.39 is 11.9 Å². The van der Waals surface area contributed by atoms with Crippen molar-refractivity contribution in [3.63, 3.8) is 0 Å². The largest absolute Gasteiger partial charge is 0.504 e. The van der Waals surface area contributed by atoms with Crippen LogP contribution >= 0.6 is 0 Å². The van der Waals surface area contributed by atoms with Crippen LogP contribution in [-0.4, -0.2) is 31.2 Å². The minimum atomic E-state index is -0.652. The summed E-state index contributed by atoms with van der Waals surface area (Å²) >= 11 is 0. The zero-order chi connectivity index (χ0) is 19.1. The number of ether oxygens (including phenoxy) is 2. The third-order valence-corrected chi connectivity index (χ3v) is 3.48. The Morgan fingerprint density at radius 1 is 1.15 bits per heavy atom. The van der Waals surface area contributed by atoms with E-state index in [1.807, 2.05) is 0 Å². The molecule has 0 unspecified atom stereocenters. The Labute approximate surface area is 150 Å². The summed E-state index contributed by atoms with van der Waals surface area (Å²) in [5.74, 6) is -1.08. The number of anilines is 1. The van der Waals surface area contributed by atoms with Crippen molar-refractivity contribution in [3.8, 4) is 17.6 Å². The van der Waals surface area contributed by atoms with Gasteiger partial charge in [-0.25, -0.2) is 4.79 Å². The minimum absolute atomic E-state index is 0.169. The van der Waals surface area contributed by atoms with Gasteiger partial charge in [-0.2, -0.15) is 5.26 Å². The summed E-state index contributed by atoms with van der Waals surface area (Å²) in [4.78, 5) is 23.7. The molecule has 2 N–H and O–H groups in total. The summed E-state index contributed by atoms with van der Waals surface area (Å²) in [6.45, 7) is 0. The molecule has 2 aromatic rings. The van der Waals surface area contributed by atoms with E-state index in [1.54, 1.807) is 24.3 Å². The predicted octanol–water partition coefficient (Wildman–Crippen LogP) is 2.73. The van der Waals surface area contributed by atoms with E-state index in [1.165, 1.54) is 44.6 Å². The highest BCUT2D eigenvalue weighted by atomic mass is 16.5. The number of para-hydroxylation sites is 1. The van der Waals surface area contributed by atoms with E-state index in [0.29, 0.717) is 11.3 Å². The van der Waals surface area contributed by atoms with Gasteiger partial charge in [-0.05, 0) is 36.4 Å². The molecule has 132 valence electrons. The lowest BCUT2D eigenvalue weighted by molar-refractivity contribution is -0.112. The number of hydrogen-bond donors (Lipinski definition) is 2. The van der Waals surface area contributed by atoms with Gasteiger partial charge in [0.2, 0.25) is 0 Å². The van der Waals surface area contributed by atoms with Gasteiger partial charge in [0.05, 0.1) is 19.8 Å². The van der Waals surface area contributed by atoms with Crippen molar-refractivity contribution in [3.05, 3.63) is 59.2 Å². The zero-order valence-corrected chi connectivity index (χ0v) is 14.1. The molecule has 0 heterocycles. The van der Waals surface area contributed by atoms with Crippen LogP contribution in [-0.2, 0) is 9.53 Å². The second-order valence-corrected chi connectivity index (χ2v) is 5.09. The topological polar surface area (TPSA) is 109 Å². The van der Waals surface area contributed by atoms with E-state index in [-0.39, 0.29) is 22.6 Å². The minimum Gasteiger partial charge on any atom is -0.504 e. The molecule has 0 saturated heterocycles. The van der Waals surface area contributed by atoms with Crippen LogP contribution in [0, 0.1) is 11.3 Å². The number of hydrogen-bond acceptors (Lipinski definition) is 6. The number of nitriles is 1. The van der Waals surface area contributed by atoms with Crippen LogP contribution in [0.2, 0.25) is 0 Å². The van der Waals surface area contributed by atoms with Crippen LogP contribution in [0.1, 0.15) is 15.9 Å². The highest BCUT2D eigenvalue weighted by Crippen LogP contribution is 2.30. The fourth-order valence-electron chi connectivity index (χ4n) is 2.13. The smallest absolute Gasteiger partial charge is 0.337 e. The number of carbonyl (C=O) groups excluding carboxylic acids is 2. The van der Waals surface area contributed by atoms with Gasteiger partial charge < -0.3 is 19.9 Å². The molecule has 0 aliphatic heterocycles. The van der Waals surface area contributed by atoms with Crippen LogP contribution in [0.25, 0.3) is 6.08 Å². The molecule has 0 atom stereocenters. The van der Waals surface area contributed by atoms with E-state index >= 15 is 0 Å². The van der Waals surface area contributed by atoms with Crippen molar-refractivity contribution in [2.24, 2.45) is 0 Å². The maximum atomic E-state index is 12.3. The number of nitrogens with one attached hydrogen (secondary N) is 1. The maximum Gasteiger partial charge on any atom is 0.337 e. The molecule has 0 saturated carbocycles. The van der Waals surface area contributed by atoms with Crippen molar-refractivity contribution in [1.82, 2.24) is 0 Å². The van der Waals surface area contributed by atoms with Gasteiger partial charge in [0.1, 0.15) is 11.6 Å². The summed E-state index contributed by atoms with van der Waals surface area (Å²) in [7, 11) is 2.68. The number of carbonyl (C=O) groups is 2. The lowest BCUT2D eigenvalue weighted by atomic mass is 10.1. The zero-order valence-electron chi connectivity index (χ0n) is 14.1. The molecule has 0 bridgehead atoms. The Hall–Kier alpha value is -3.79. The molecule has 26 heavy (non-hydrogen) atoms. The van der Waals surface area contributed by atoms with Crippen LogP contribution in [0.4, 0.5) is 5.69 Å². The van der Waals surface area contributed by atoms with Gasteiger partial charge in [-0.3, -0.25) is 4.79 Å². The van der Waals surface area contributed by atoms with Crippen molar-refractivity contribution in [1.29, 1.82) is 5.26 Å². The number of rotatable bonds is 5. The van der Waals surface area contributed by atoms with Gasteiger partial charge in [0.25, 0.3) is 5.91 Å². The van der Waals surface area contributed by atoms with Gasteiger partial charge in [0.15, 0.2) is 11.5 Å². The SMILES string of the molecule is COC(=O)c1ccc(NC(=O)/C(C#N)=C\c2cccc(OC)c2O)cc1. The van der Waals surface area contributed by atoms with Crippen molar-refractivity contribution in [2.75, 3.05) is 19.5 Å². The quantitative estimate of drug-likeness (QED) is 0.486. The average molecular weight is 352 g/mol. The maximum absolute atomic E-state index is 12.3. The Morgan fingerprint density at radius 2 is 1.85 bits per heavy atom. The van der Waals surface area contributed by atoms with Crippen LogP contribution in [0.15, 0.2) is 48.0 Å². The number of phenolic OH excluding ortho intramolecular Hbond substituents is 1. The second kappa shape index (κ2) is 8.35. The molecule has 0 aliphatic carbocycles. The molecule has 0 fully saturated rings. The second-order valence-electron chi connectivity index (χ2n) is 5.09. The summed E-state index contributed by atoms with van der Waals surface area (Å²) in [6, 6.07) is 12.5. The molecular weight excluding hydrogens is 336 g/mol. The number of esters is 1. The molecule has 7 heteroatoms. The van der Waals surface area contributed by atoms with Crippen molar-refractivity contribution >= 4 is 23.6 Å². The molecular formula is C19H16N2O5. The van der Waals surface area contributed by atoms with E-state index in [4.69, 9.17) is 4.74 Å². The number of methoxy groups -OCH3 is 2. The van der Waals surface area contributed by atoms with Gasteiger partial charge in [-0.15, -0.1) is 0 Å². The Kier molecular flexibility index (Phi) is 5.96. The first-order valence-corrected chi connectivity index (χ1v) is 7.47. The normalized spacial score (nSPS) is 10.6. The third kappa shape index (κ3) is 4.19. The molecule has 0 aromatic heterocycles. The van der Waals surface area contributed by atoms with Crippen LogP contribution < -0.4 is 10.1 Å². The Balaban J connectivity index is 2.22. The number of aromatic hydroxyl groups is 1. The third-order valence-electron chi connectivity index (χ3n) is 3.48. The molecule has 0 spiro atoms. The van der Waals surface area contributed by atoms with E-state index in [9.17, 15) is 20.0 Å². The van der Waals surface area contributed by atoms with Crippen LogP contribution in [0.3, 0.4) is 0 Å². The first-order chi connectivity index (χ1) is 12.5. The van der Waals surface area contributed by atoms with Crippen LogP contribution in [0.5, 0.6) is 11.5 Å². The molecule has 2 rings (SSSR count). The van der Waals surface area contributed by atoms with Gasteiger partial charge in [-0.1, -0.05) is 12.1 Å². The molecule has 2 aromatic carbocycles. The molecule has 0 aliphatic rings. The van der Waals surface area contributed by atoms with E-state index in [2.05, 4.69) is 10.1 Å². The standard InChI is InChI=1S/C19H16N2O5/c1-25-16-5-3-4-13(17(16)22)10-14(11-20)18(23)21-15-8-6-12(7-9-15)19(24)26-2/h3-10,22H,1-2H3,(H,21,23)/b14-10-. The summed E-state index contributed by atoms with van der Waals surface area (Å²) < 4.78 is 9.59. The monoisotopic (exact) mass is 352 g/mol. The van der Waals surface area contributed by atoms with Gasteiger partial charge in [0, 0.05) is 11.3 Å².